The third-order valence-electron chi connectivity index (χ3n) is 5.01. The van der Waals surface area contributed by atoms with Crippen molar-refractivity contribution in [3.8, 4) is 5.88 Å². The molecular weight excluding hydrogens is 332 g/mol. The van der Waals surface area contributed by atoms with Crippen molar-refractivity contribution in [2.45, 2.75) is 26.2 Å². The van der Waals surface area contributed by atoms with E-state index in [9.17, 15) is 9.59 Å². The van der Waals surface area contributed by atoms with Crippen LogP contribution in [-0.2, 0) is 4.79 Å². The average Bonchev–Trinajstić information content (AvgIpc) is 2.69. The van der Waals surface area contributed by atoms with E-state index in [1.165, 1.54) is 6.42 Å². The number of nitrogens with zero attached hydrogens (tertiary/aromatic N) is 4. The standard InChI is InChI=1S/C19H28N4O3/c1-2-26-18-16(7-6-8-20-18)19(25)23-13-11-21(12-14-23)15-17(24)22-9-4-3-5-10-22/h6-8H,2-5,9-15H2,1H3. The molecule has 2 aliphatic rings. The predicted octanol–water partition coefficient (Wildman–Crippen LogP) is 1.25. The molecule has 26 heavy (non-hydrogen) atoms. The first-order valence-electron chi connectivity index (χ1n) is 9.56. The average molecular weight is 360 g/mol. The maximum atomic E-state index is 12.8. The van der Waals surface area contributed by atoms with E-state index in [0.29, 0.717) is 37.7 Å². The van der Waals surface area contributed by atoms with Crippen molar-refractivity contribution in [3.63, 3.8) is 0 Å². The van der Waals surface area contributed by atoms with Gasteiger partial charge in [0.1, 0.15) is 5.56 Å². The normalized spacial score (nSPS) is 18.7. The summed E-state index contributed by atoms with van der Waals surface area (Å²) >= 11 is 0. The third-order valence-corrected chi connectivity index (χ3v) is 5.01. The van der Waals surface area contributed by atoms with Crippen molar-refractivity contribution in [1.82, 2.24) is 19.7 Å². The number of carbonyl (C=O) groups excluding carboxylic acids is 2. The number of carbonyl (C=O) groups is 2. The van der Waals surface area contributed by atoms with Gasteiger partial charge in [0.25, 0.3) is 5.91 Å². The van der Waals surface area contributed by atoms with Gasteiger partial charge in [0.2, 0.25) is 11.8 Å². The van der Waals surface area contributed by atoms with E-state index in [1.807, 2.05) is 16.7 Å². The molecule has 0 atom stereocenters. The number of hydrogen-bond donors (Lipinski definition) is 0. The van der Waals surface area contributed by atoms with Gasteiger partial charge in [-0.2, -0.15) is 0 Å². The molecule has 0 saturated carbocycles. The Morgan fingerprint density at radius 1 is 1.04 bits per heavy atom. The number of pyridine rings is 1. The molecule has 7 heteroatoms. The van der Waals surface area contributed by atoms with Crippen molar-refractivity contribution in [1.29, 1.82) is 0 Å². The molecule has 0 unspecified atom stereocenters. The Bertz CT molecular complexity index is 623. The molecule has 0 bridgehead atoms. The lowest BCUT2D eigenvalue weighted by atomic mass is 10.1. The maximum Gasteiger partial charge on any atom is 0.259 e. The fraction of sp³-hybridized carbons (Fsp3) is 0.632. The fourth-order valence-electron chi connectivity index (χ4n) is 3.52. The Morgan fingerprint density at radius 2 is 1.77 bits per heavy atom. The van der Waals surface area contributed by atoms with Crippen molar-refractivity contribution >= 4 is 11.8 Å². The first kappa shape index (κ1) is 18.6. The number of hydrogen-bond acceptors (Lipinski definition) is 5. The van der Waals surface area contributed by atoms with Crippen LogP contribution in [0, 0.1) is 0 Å². The SMILES string of the molecule is CCOc1ncccc1C(=O)N1CCN(CC(=O)N2CCCCC2)CC1. The number of rotatable bonds is 5. The van der Waals surface area contributed by atoms with E-state index in [1.54, 1.807) is 18.3 Å². The summed E-state index contributed by atoms with van der Waals surface area (Å²) in [6, 6.07) is 3.51. The summed E-state index contributed by atoms with van der Waals surface area (Å²) in [6.07, 6.45) is 5.08. The minimum Gasteiger partial charge on any atom is -0.477 e. The van der Waals surface area contributed by atoms with Gasteiger partial charge in [-0.3, -0.25) is 14.5 Å². The Labute approximate surface area is 154 Å². The quantitative estimate of drug-likeness (QED) is 0.791. The second-order valence-corrected chi connectivity index (χ2v) is 6.80. The molecule has 2 fully saturated rings. The lowest BCUT2D eigenvalue weighted by Crippen LogP contribution is -2.52. The van der Waals surface area contributed by atoms with E-state index in [2.05, 4.69) is 9.88 Å². The van der Waals surface area contributed by atoms with Crippen LogP contribution >= 0.6 is 0 Å². The summed E-state index contributed by atoms with van der Waals surface area (Å²) in [4.78, 5) is 35.3. The number of piperidine rings is 1. The number of likely N-dealkylation sites (tertiary alicyclic amines) is 1. The van der Waals surface area contributed by atoms with Crippen LogP contribution in [0.15, 0.2) is 18.3 Å². The number of amides is 2. The van der Waals surface area contributed by atoms with Crippen LogP contribution in [0.3, 0.4) is 0 Å². The highest BCUT2D eigenvalue weighted by atomic mass is 16.5. The van der Waals surface area contributed by atoms with Crippen LogP contribution in [-0.4, -0.2) is 83.9 Å². The molecule has 2 saturated heterocycles. The molecule has 3 rings (SSSR count). The van der Waals surface area contributed by atoms with Gasteiger partial charge in [-0.1, -0.05) is 0 Å². The zero-order valence-corrected chi connectivity index (χ0v) is 15.5. The van der Waals surface area contributed by atoms with Crippen molar-refractivity contribution < 1.29 is 14.3 Å². The monoisotopic (exact) mass is 360 g/mol. The van der Waals surface area contributed by atoms with Gasteiger partial charge in [0.15, 0.2) is 0 Å². The van der Waals surface area contributed by atoms with Gasteiger partial charge in [0.05, 0.1) is 13.2 Å². The molecule has 142 valence electrons. The zero-order valence-electron chi connectivity index (χ0n) is 15.5. The Balaban J connectivity index is 1.52. The summed E-state index contributed by atoms with van der Waals surface area (Å²) in [5, 5.41) is 0. The minimum absolute atomic E-state index is 0.0523. The Morgan fingerprint density at radius 3 is 2.46 bits per heavy atom. The van der Waals surface area contributed by atoms with Gasteiger partial charge in [-0.25, -0.2) is 4.98 Å². The van der Waals surface area contributed by atoms with Gasteiger partial charge in [-0.15, -0.1) is 0 Å². The van der Waals surface area contributed by atoms with E-state index >= 15 is 0 Å². The molecule has 0 radical (unpaired) electrons. The lowest BCUT2D eigenvalue weighted by molar-refractivity contribution is -0.133. The molecule has 7 nitrogen and oxygen atoms in total. The molecule has 1 aromatic rings. The van der Waals surface area contributed by atoms with Crippen molar-refractivity contribution in [3.05, 3.63) is 23.9 Å². The van der Waals surface area contributed by atoms with E-state index in [4.69, 9.17) is 4.74 Å². The van der Waals surface area contributed by atoms with Gasteiger partial charge in [0, 0.05) is 45.5 Å². The molecule has 1 aromatic heterocycles. The molecule has 0 aliphatic carbocycles. The van der Waals surface area contributed by atoms with E-state index < -0.39 is 0 Å². The highest BCUT2D eigenvalue weighted by molar-refractivity contribution is 5.96. The lowest BCUT2D eigenvalue weighted by Gasteiger charge is -2.36. The van der Waals surface area contributed by atoms with Gasteiger partial charge in [-0.05, 0) is 38.3 Å². The van der Waals surface area contributed by atoms with Crippen molar-refractivity contribution in [2.24, 2.45) is 0 Å². The van der Waals surface area contributed by atoms with Crippen molar-refractivity contribution in [2.75, 3.05) is 52.4 Å². The highest BCUT2D eigenvalue weighted by Crippen LogP contribution is 2.18. The van der Waals surface area contributed by atoms with Crippen LogP contribution in [0.4, 0.5) is 0 Å². The Kier molecular flexibility index (Phi) is 6.44. The highest BCUT2D eigenvalue weighted by Gasteiger charge is 2.27. The van der Waals surface area contributed by atoms with Crippen LogP contribution in [0.25, 0.3) is 0 Å². The topological polar surface area (TPSA) is 66.0 Å². The largest absolute Gasteiger partial charge is 0.477 e. The third kappa shape index (κ3) is 4.52. The minimum atomic E-state index is -0.0523. The molecular formula is C19H28N4O3. The Hall–Kier alpha value is -2.15. The van der Waals surface area contributed by atoms with Crippen LogP contribution in [0.2, 0.25) is 0 Å². The van der Waals surface area contributed by atoms with Gasteiger partial charge < -0.3 is 14.5 Å². The van der Waals surface area contributed by atoms with Crippen LogP contribution < -0.4 is 4.74 Å². The summed E-state index contributed by atoms with van der Waals surface area (Å²) in [5.74, 6) is 0.557. The number of ether oxygens (including phenoxy) is 1. The summed E-state index contributed by atoms with van der Waals surface area (Å²) in [5.41, 5.74) is 0.507. The second kappa shape index (κ2) is 8.98. The number of piperazine rings is 1. The summed E-state index contributed by atoms with van der Waals surface area (Å²) in [7, 11) is 0. The summed E-state index contributed by atoms with van der Waals surface area (Å²) in [6.45, 7) is 7.26. The molecule has 2 aliphatic heterocycles. The molecule has 2 amide bonds. The van der Waals surface area contributed by atoms with Crippen LogP contribution in [0.5, 0.6) is 5.88 Å². The van der Waals surface area contributed by atoms with E-state index in [0.717, 1.165) is 39.0 Å². The number of aromatic nitrogens is 1. The predicted molar refractivity (Wildman–Crippen MR) is 98.2 cm³/mol. The summed E-state index contributed by atoms with van der Waals surface area (Å²) < 4.78 is 5.47. The van der Waals surface area contributed by atoms with Gasteiger partial charge >= 0.3 is 0 Å². The first-order valence-corrected chi connectivity index (χ1v) is 9.56. The first-order chi connectivity index (χ1) is 12.7. The maximum absolute atomic E-state index is 12.8. The van der Waals surface area contributed by atoms with Crippen LogP contribution in [0.1, 0.15) is 36.5 Å². The molecule has 0 spiro atoms. The molecule has 0 aromatic carbocycles. The molecule has 3 heterocycles. The zero-order chi connectivity index (χ0) is 18.4. The fourth-order valence-corrected chi connectivity index (χ4v) is 3.52. The second-order valence-electron chi connectivity index (χ2n) is 6.80. The smallest absolute Gasteiger partial charge is 0.259 e. The van der Waals surface area contributed by atoms with E-state index in [-0.39, 0.29) is 11.8 Å². The molecule has 0 N–H and O–H groups in total.